The van der Waals surface area contributed by atoms with Gasteiger partial charge in [-0.3, -0.25) is 24.2 Å². The number of ketones is 3. The van der Waals surface area contributed by atoms with Gasteiger partial charge < -0.3 is 24.8 Å². The van der Waals surface area contributed by atoms with Gasteiger partial charge in [0.05, 0.1) is 43.6 Å². The van der Waals surface area contributed by atoms with Crippen LogP contribution in [0.2, 0.25) is 0 Å². The van der Waals surface area contributed by atoms with Crippen molar-refractivity contribution in [2.24, 2.45) is 0 Å². The number of aliphatic hydroxyl groups is 1. The summed E-state index contributed by atoms with van der Waals surface area (Å²) in [6.45, 7) is 3.09. The number of ether oxygens (including phenoxy) is 2. The van der Waals surface area contributed by atoms with E-state index < -0.39 is 34.7 Å². The van der Waals surface area contributed by atoms with Crippen molar-refractivity contribution in [3.63, 3.8) is 0 Å². The Balaban J connectivity index is 1.50. The lowest BCUT2D eigenvalue weighted by Crippen LogP contribution is -2.53. The average molecular weight is 549 g/mol. The maximum atomic E-state index is 13.8. The minimum atomic E-state index is -1.85. The van der Waals surface area contributed by atoms with E-state index >= 15 is 0 Å². The van der Waals surface area contributed by atoms with E-state index in [-0.39, 0.29) is 64.3 Å². The Morgan fingerprint density at radius 1 is 1.05 bits per heavy atom. The number of hydrogen-bond acceptors (Lipinski definition) is 10. The Hall–Kier alpha value is -3.57. The van der Waals surface area contributed by atoms with Gasteiger partial charge in [0.2, 0.25) is 5.78 Å². The zero-order valence-electron chi connectivity index (χ0n) is 22.3. The molecule has 2 atom stereocenters. The minimum Gasteiger partial charge on any atom is -0.507 e. The van der Waals surface area contributed by atoms with Gasteiger partial charge in [-0.1, -0.05) is 24.3 Å². The van der Waals surface area contributed by atoms with Crippen LogP contribution in [0.5, 0.6) is 17.2 Å². The summed E-state index contributed by atoms with van der Waals surface area (Å²) in [6, 6.07) is 3.91. The normalized spacial score (nSPS) is 24.8. The molecule has 6 rings (SSSR count). The molecule has 10 nitrogen and oxygen atoms in total. The fraction of sp³-hybridized carbons (Fsp3) is 0.433. The Kier molecular flexibility index (Phi) is 6.74. The summed E-state index contributed by atoms with van der Waals surface area (Å²) in [5.74, 6) is -2.36. The molecule has 3 N–H and O–H groups in total. The van der Waals surface area contributed by atoms with E-state index in [2.05, 4.69) is 6.08 Å². The van der Waals surface area contributed by atoms with Gasteiger partial charge in [0.25, 0.3) is 0 Å². The highest BCUT2D eigenvalue weighted by molar-refractivity contribution is 6.31. The smallest absolute Gasteiger partial charge is 0.202 e. The van der Waals surface area contributed by atoms with Crippen LogP contribution in [0.4, 0.5) is 0 Å². The number of hydrogen-bond donors (Lipinski definition) is 3. The summed E-state index contributed by atoms with van der Waals surface area (Å²) in [5, 5.41) is 35.2. The van der Waals surface area contributed by atoms with Gasteiger partial charge in [-0.15, -0.1) is 0 Å². The lowest BCUT2D eigenvalue weighted by atomic mass is 9.70. The van der Waals surface area contributed by atoms with Crippen molar-refractivity contribution in [2.75, 3.05) is 53.0 Å². The highest BCUT2D eigenvalue weighted by Gasteiger charge is 2.50. The second-order valence-corrected chi connectivity index (χ2v) is 10.9. The maximum Gasteiger partial charge on any atom is 0.202 e. The van der Waals surface area contributed by atoms with Crippen molar-refractivity contribution in [2.45, 2.75) is 30.9 Å². The SMILES string of the molecule is COc1cccc2c1C(=O)c1c(O)c3c(c(O)c1C2=O)C[C@@](O)(C(=O)CN1CC=CCC1)CC3N1CCOCC1. The lowest BCUT2D eigenvalue weighted by Gasteiger charge is -2.44. The van der Waals surface area contributed by atoms with E-state index in [9.17, 15) is 29.7 Å². The fourth-order valence-corrected chi connectivity index (χ4v) is 6.54. The summed E-state index contributed by atoms with van der Waals surface area (Å²) < 4.78 is 10.9. The number of phenolic OH excluding ortho intramolecular Hbond substituents is 2. The van der Waals surface area contributed by atoms with Crippen molar-refractivity contribution in [3.8, 4) is 17.2 Å². The largest absolute Gasteiger partial charge is 0.507 e. The van der Waals surface area contributed by atoms with E-state index in [1.165, 1.54) is 13.2 Å². The van der Waals surface area contributed by atoms with Gasteiger partial charge in [-0.25, -0.2) is 0 Å². The Morgan fingerprint density at radius 3 is 2.50 bits per heavy atom. The van der Waals surface area contributed by atoms with E-state index in [0.717, 1.165) is 6.42 Å². The molecule has 0 saturated carbocycles. The number of rotatable bonds is 5. The second kappa shape index (κ2) is 10.1. The van der Waals surface area contributed by atoms with Crippen molar-refractivity contribution < 1.29 is 39.2 Å². The molecule has 2 heterocycles. The van der Waals surface area contributed by atoms with Crippen LogP contribution in [-0.4, -0.2) is 101 Å². The van der Waals surface area contributed by atoms with Gasteiger partial charge in [-0.05, 0) is 12.5 Å². The average Bonchev–Trinajstić information content (AvgIpc) is 2.97. The van der Waals surface area contributed by atoms with Crippen LogP contribution < -0.4 is 4.74 Å². The molecular formula is C30H32N2O8. The van der Waals surface area contributed by atoms with Gasteiger partial charge in [0.1, 0.15) is 22.8 Å². The van der Waals surface area contributed by atoms with Crippen LogP contribution in [-0.2, 0) is 16.0 Å². The summed E-state index contributed by atoms with van der Waals surface area (Å²) in [4.78, 5) is 45.0. The van der Waals surface area contributed by atoms with Crippen molar-refractivity contribution in [1.82, 2.24) is 9.80 Å². The van der Waals surface area contributed by atoms with Crippen molar-refractivity contribution in [3.05, 3.63) is 63.7 Å². The van der Waals surface area contributed by atoms with Crippen molar-refractivity contribution in [1.29, 1.82) is 0 Å². The Labute approximate surface area is 231 Å². The van der Waals surface area contributed by atoms with E-state index in [1.807, 2.05) is 15.9 Å². The van der Waals surface area contributed by atoms with Gasteiger partial charge in [0.15, 0.2) is 11.6 Å². The predicted octanol–water partition coefficient (Wildman–Crippen LogP) is 1.76. The number of fused-ring (bicyclic) bond motifs is 3. The number of methoxy groups -OCH3 is 1. The third-order valence-corrected chi connectivity index (χ3v) is 8.61. The highest BCUT2D eigenvalue weighted by atomic mass is 16.5. The van der Waals surface area contributed by atoms with E-state index in [4.69, 9.17) is 9.47 Å². The van der Waals surface area contributed by atoms with Crippen LogP contribution in [0, 0.1) is 0 Å². The molecule has 4 aliphatic rings. The molecule has 2 aliphatic heterocycles. The zero-order chi connectivity index (χ0) is 28.2. The number of morpholine rings is 1. The maximum absolute atomic E-state index is 13.8. The molecule has 0 bridgehead atoms. The number of carbonyl (C=O) groups excluding carboxylic acids is 3. The first-order chi connectivity index (χ1) is 19.2. The first-order valence-corrected chi connectivity index (χ1v) is 13.6. The number of nitrogens with zero attached hydrogens (tertiary/aromatic N) is 2. The molecule has 2 aliphatic carbocycles. The lowest BCUT2D eigenvalue weighted by molar-refractivity contribution is -0.142. The highest BCUT2D eigenvalue weighted by Crippen LogP contribution is 2.52. The Morgan fingerprint density at radius 2 is 1.80 bits per heavy atom. The van der Waals surface area contributed by atoms with Gasteiger partial charge in [-0.2, -0.15) is 0 Å². The molecule has 1 fully saturated rings. The van der Waals surface area contributed by atoms with E-state index in [0.29, 0.717) is 39.4 Å². The summed E-state index contributed by atoms with van der Waals surface area (Å²) in [6.07, 6.45) is 4.53. The van der Waals surface area contributed by atoms with Crippen molar-refractivity contribution >= 4 is 17.3 Å². The molecule has 210 valence electrons. The monoisotopic (exact) mass is 548 g/mol. The molecule has 1 saturated heterocycles. The topological polar surface area (TPSA) is 137 Å². The van der Waals surface area contributed by atoms with Crippen LogP contribution in [0.15, 0.2) is 30.4 Å². The van der Waals surface area contributed by atoms with Gasteiger partial charge in [0, 0.05) is 61.8 Å². The Bertz CT molecular complexity index is 1440. The predicted molar refractivity (Wildman–Crippen MR) is 143 cm³/mol. The molecule has 10 heteroatoms. The van der Waals surface area contributed by atoms with Crippen LogP contribution in [0.3, 0.4) is 0 Å². The fourth-order valence-electron chi connectivity index (χ4n) is 6.54. The molecule has 2 aromatic rings. The summed E-state index contributed by atoms with van der Waals surface area (Å²) in [5.41, 5.74) is -2.00. The molecule has 2 aromatic carbocycles. The minimum absolute atomic E-state index is 0.0261. The molecular weight excluding hydrogens is 516 g/mol. The molecule has 0 spiro atoms. The zero-order valence-corrected chi connectivity index (χ0v) is 22.3. The molecule has 0 aromatic heterocycles. The first kappa shape index (κ1) is 26.6. The summed E-state index contributed by atoms with van der Waals surface area (Å²) in [7, 11) is 1.39. The number of phenols is 2. The summed E-state index contributed by atoms with van der Waals surface area (Å²) >= 11 is 0. The third kappa shape index (κ3) is 4.14. The number of aromatic hydroxyl groups is 2. The number of Topliss-reactive ketones (excluding diaryl/α,β-unsaturated/α-hetero) is 1. The van der Waals surface area contributed by atoms with Crippen LogP contribution in [0.25, 0.3) is 0 Å². The third-order valence-electron chi connectivity index (χ3n) is 8.61. The quantitative estimate of drug-likeness (QED) is 0.320. The van der Waals surface area contributed by atoms with Gasteiger partial charge >= 0.3 is 0 Å². The number of benzene rings is 2. The number of carbonyl (C=O) groups is 3. The second-order valence-electron chi connectivity index (χ2n) is 10.9. The molecule has 0 radical (unpaired) electrons. The molecule has 1 unspecified atom stereocenters. The molecule has 40 heavy (non-hydrogen) atoms. The van der Waals surface area contributed by atoms with E-state index in [1.54, 1.807) is 12.1 Å². The molecule has 0 amide bonds. The van der Waals surface area contributed by atoms with Crippen LogP contribution in [0.1, 0.15) is 61.9 Å². The first-order valence-electron chi connectivity index (χ1n) is 13.6. The standard InChI is InChI=1S/C30H32N2O8/c1-39-20-7-5-6-17-23(20)29(37)25-24(26(17)34)27(35)18-14-30(38,21(33)16-31-8-3-2-4-9-31)15-19(22(18)28(25)36)32-10-12-40-13-11-32/h2-3,5-7,19,35-36,38H,4,8-16H2,1H3/t19?,30-/m0/s1. The van der Waals surface area contributed by atoms with Crippen LogP contribution >= 0.6 is 0 Å².